The van der Waals surface area contributed by atoms with E-state index in [0.717, 1.165) is 0 Å². The van der Waals surface area contributed by atoms with Crippen LogP contribution in [0.25, 0.3) is 0 Å². The van der Waals surface area contributed by atoms with E-state index in [9.17, 15) is 14.0 Å². The fraction of sp³-hybridized carbons (Fsp3) is 0.273. The lowest BCUT2D eigenvalue weighted by atomic mass is 10.2. The number of carbonyl (C=O) groups is 2. The Labute approximate surface area is 188 Å². The lowest BCUT2D eigenvalue weighted by Gasteiger charge is -2.18. The highest BCUT2D eigenvalue weighted by Crippen LogP contribution is 2.27. The van der Waals surface area contributed by atoms with Gasteiger partial charge >= 0.3 is 5.97 Å². The third-order valence-corrected chi connectivity index (χ3v) is 5.37. The van der Waals surface area contributed by atoms with Gasteiger partial charge in [0.15, 0.2) is 17.1 Å². The summed E-state index contributed by atoms with van der Waals surface area (Å²) < 4.78 is 20.9. The SMILES string of the molecule is CC(Oc1ccc(F)cc1)c1nnc(SCC(=O)Nc2cccc(C(=O)O)c2)n1C(C)C. The molecule has 0 saturated carbocycles. The second-order valence-electron chi connectivity index (χ2n) is 7.24. The fourth-order valence-electron chi connectivity index (χ4n) is 2.98. The Morgan fingerprint density at radius 1 is 1.16 bits per heavy atom. The number of amides is 1. The molecular weight excluding hydrogens is 435 g/mol. The summed E-state index contributed by atoms with van der Waals surface area (Å²) in [4.78, 5) is 23.4. The molecule has 1 amide bonds. The molecule has 32 heavy (non-hydrogen) atoms. The lowest BCUT2D eigenvalue weighted by molar-refractivity contribution is -0.113. The standard InChI is InChI=1S/C22H23FN4O4S/c1-13(2)27-20(14(3)31-18-9-7-16(23)8-10-18)25-26-22(27)32-12-19(28)24-17-6-4-5-15(11-17)21(29)30/h4-11,13-14H,12H2,1-3H3,(H,24,28)(H,29,30). The third kappa shape index (κ3) is 5.85. The van der Waals surface area contributed by atoms with Crippen molar-refractivity contribution in [3.05, 3.63) is 65.7 Å². The number of benzene rings is 2. The predicted molar refractivity (Wildman–Crippen MR) is 119 cm³/mol. The predicted octanol–water partition coefficient (Wildman–Crippen LogP) is 4.57. The van der Waals surface area contributed by atoms with Gasteiger partial charge in [0.2, 0.25) is 5.91 Å². The molecule has 2 N–H and O–H groups in total. The molecule has 0 spiro atoms. The van der Waals surface area contributed by atoms with Gasteiger partial charge in [0.1, 0.15) is 11.6 Å². The summed E-state index contributed by atoms with van der Waals surface area (Å²) in [5.74, 6) is -0.550. The number of anilines is 1. The van der Waals surface area contributed by atoms with Crippen LogP contribution in [0.15, 0.2) is 53.7 Å². The maximum atomic E-state index is 13.1. The van der Waals surface area contributed by atoms with Crippen molar-refractivity contribution >= 4 is 29.3 Å². The molecule has 0 aliphatic rings. The second kappa shape index (κ2) is 10.3. The molecule has 1 atom stereocenters. The van der Waals surface area contributed by atoms with Crippen molar-refractivity contribution in [3.8, 4) is 5.75 Å². The molecular formula is C22H23FN4O4S. The highest BCUT2D eigenvalue weighted by molar-refractivity contribution is 7.99. The summed E-state index contributed by atoms with van der Waals surface area (Å²) >= 11 is 1.22. The van der Waals surface area contributed by atoms with Gasteiger partial charge in [-0.3, -0.25) is 4.79 Å². The number of carboxylic acid groups (broad SMARTS) is 1. The molecule has 0 aliphatic heterocycles. The molecule has 1 aromatic heterocycles. The van der Waals surface area contributed by atoms with E-state index >= 15 is 0 Å². The van der Waals surface area contributed by atoms with Crippen molar-refractivity contribution in [2.24, 2.45) is 0 Å². The first-order valence-electron chi connectivity index (χ1n) is 9.87. The molecule has 0 radical (unpaired) electrons. The van der Waals surface area contributed by atoms with Crippen LogP contribution in [0.4, 0.5) is 10.1 Å². The number of hydrogen-bond acceptors (Lipinski definition) is 6. The first-order valence-corrected chi connectivity index (χ1v) is 10.9. The Balaban J connectivity index is 1.67. The number of aromatic nitrogens is 3. The maximum Gasteiger partial charge on any atom is 0.335 e. The molecule has 3 rings (SSSR count). The number of rotatable bonds is 9. The first-order chi connectivity index (χ1) is 15.2. The van der Waals surface area contributed by atoms with E-state index in [0.29, 0.717) is 22.4 Å². The van der Waals surface area contributed by atoms with Crippen molar-refractivity contribution in [2.75, 3.05) is 11.1 Å². The molecule has 3 aromatic rings. The van der Waals surface area contributed by atoms with Crippen molar-refractivity contribution in [1.82, 2.24) is 14.8 Å². The number of carbonyl (C=O) groups excluding carboxylic acids is 1. The number of carboxylic acids is 1. The largest absolute Gasteiger partial charge is 0.483 e. The normalized spacial score (nSPS) is 11.9. The molecule has 0 aliphatic carbocycles. The van der Waals surface area contributed by atoms with Gasteiger partial charge in [-0.2, -0.15) is 0 Å². The highest BCUT2D eigenvalue weighted by atomic mass is 32.2. The number of thioether (sulfide) groups is 1. The number of ether oxygens (including phenoxy) is 1. The zero-order valence-corrected chi connectivity index (χ0v) is 18.6. The second-order valence-corrected chi connectivity index (χ2v) is 8.18. The van der Waals surface area contributed by atoms with Crippen LogP contribution >= 0.6 is 11.8 Å². The van der Waals surface area contributed by atoms with Gasteiger partial charge in [-0.1, -0.05) is 17.8 Å². The van der Waals surface area contributed by atoms with Crippen LogP contribution in [-0.2, 0) is 4.79 Å². The topological polar surface area (TPSA) is 106 Å². The van der Waals surface area contributed by atoms with Crippen LogP contribution in [0, 0.1) is 5.82 Å². The van der Waals surface area contributed by atoms with E-state index in [1.165, 1.54) is 36.0 Å². The Morgan fingerprint density at radius 3 is 2.53 bits per heavy atom. The molecule has 2 aromatic carbocycles. The minimum atomic E-state index is -1.06. The van der Waals surface area contributed by atoms with Crippen LogP contribution in [0.2, 0.25) is 0 Å². The fourth-order valence-corrected chi connectivity index (χ4v) is 3.85. The Kier molecular flexibility index (Phi) is 7.47. The molecule has 10 heteroatoms. The summed E-state index contributed by atoms with van der Waals surface area (Å²) in [7, 11) is 0. The average Bonchev–Trinajstić information content (AvgIpc) is 3.18. The molecule has 0 bridgehead atoms. The Morgan fingerprint density at radius 2 is 1.88 bits per heavy atom. The zero-order valence-electron chi connectivity index (χ0n) is 17.8. The van der Waals surface area contributed by atoms with Crippen molar-refractivity contribution in [1.29, 1.82) is 0 Å². The van der Waals surface area contributed by atoms with Crippen LogP contribution < -0.4 is 10.1 Å². The van der Waals surface area contributed by atoms with Gasteiger partial charge < -0.3 is 19.7 Å². The number of aromatic carboxylic acids is 1. The number of nitrogens with one attached hydrogen (secondary N) is 1. The summed E-state index contributed by atoms with van der Waals surface area (Å²) in [6, 6.07) is 11.8. The van der Waals surface area contributed by atoms with Gasteiger partial charge in [-0.25, -0.2) is 9.18 Å². The van der Waals surface area contributed by atoms with E-state index in [2.05, 4.69) is 15.5 Å². The summed E-state index contributed by atoms with van der Waals surface area (Å²) in [5.41, 5.74) is 0.498. The highest BCUT2D eigenvalue weighted by Gasteiger charge is 2.22. The van der Waals surface area contributed by atoms with Crippen LogP contribution in [0.5, 0.6) is 5.75 Å². The average molecular weight is 459 g/mol. The molecule has 0 fully saturated rings. The number of halogens is 1. The Hall–Kier alpha value is -3.40. The summed E-state index contributed by atoms with van der Waals surface area (Å²) in [5, 5.41) is 20.8. The monoisotopic (exact) mass is 458 g/mol. The van der Waals surface area contributed by atoms with Gasteiger partial charge in [-0.05, 0) is 63.2 Å². The van der Waals surface area contributed by atoms with Crippen LogP contribution in [0.1, 0.15) is 49.1 Å². The maximum absolute atomic E-state index is 13.1. The summed E-state index contributed by atoms with van der Waals surface area (Å²) in [6.45, 7) is 5.76. The molecule has 0 saturated heterocycles. The van der Waals surface area contributed by atoms with Gasteiger partial charge in [-0.15, -0.1) is 10.2 Å². The van der Waals surface area contributed by atoms with E-state index in [1.54, 1.807) is 24.3 Å². The van der Waals surface area contributed by atoms with Crippen molar-refractivity contribution < 1.29 is 23.8 Å². The minimum Gasteiger partial charge on any atom is -0.483 e. The molecule has 168 valence electrons. The first kappa shape index (κ1) is 23.3. The van der Waals surface area contributed by atoms with E-state index < -0.39 is 12.1 Å². The third-order valence-electron chi connectivity index (χ3n) is 4.42. The van der Waals surface area contributed by atoms with Crippen LogP contribution in [-0.4, -0.2) is 37.5 Å². The number of hydrogen-bond donors (Lipinski definition) is 2. The number of nitrogens with zero attached hydrogens (tertiary/aromatic N) is 3. The molecule has 1 heterocycles. The van der Waals surface area contributed by atoms with Gasteiger partial charge in [0.05, 0.1) is 11.3 Å². The van der Waals surface area contributed by atoms with E-state index in [-0.39, 0.29) is 29.1 Å². The summed E-state index contributed by atoms with van der Waals surface area (Å²) in [6.07, 6.45) is -0.447. The van der Waals surface area contributed by atoms with Crippen molar-refractivity contribution in [3.63, 3.8) is 0 Å². The molecule has 1 unspecified atom stereocenters. The van der Waals surface area contributed by atoms with E-state index in [4.69, 9.17) is 9.84 Å². The van der Waals surface area contributed by atoms with Gasteiger partial charge in [0.25, 0.3) is 0 Å². The minimum absolute atomic E-state index is 0.0112. The lowest BCUT2D eigenvalue weighted by Crippen LogP contribution is -2.17. The van der Waals surface area contributed by atoms with Gasteiger partial charge in [0, 0.05) is 11.7 Å². The van der Waals surface area contributed by atoms with Crippen molar-refractivity contribution in [2.45, 2.75) is 38.1 Å². The van der Waals surface area contributed by atoms with E-state index in [1.807, 2.05) is 25.3 Å². The van der Waals surface area contributed by atoms with Crippen LogP contribution in [0.3, 0.4) is 0 Å². The Bertz CT molecular complexity index is 1100. The quantitative estimate of drug-likeness (QED) is 0.453. The smallest absolute Gasteiger partial charge is 0.335 e. The zero-order chi connectivity index (χ0) is 23.3. The molecule has 8 nitrogen and oxygen atoms in total.